The first-order valence-corrected chi connectivity index (χ1v) is 8.94. The van der Waals surface area contributed by atoms with Gasteiger partial charge in [-0.1, -0.05) is 12.1 Å². The van der Waals surface area contributed by atoms with Gasteiger partial charge in [0, 0.05) is 18.7 Å². The number of amides is 1. The van der Waals surface area contributed by atoms with Crippen LogP contribution in [0.4, 0.5) is 0 Å². The Morgan fingerprint density at radius 1 is 1.17 bits per heavy atom. The predicted octanol–water partition coefficient (Wildman–Crippen LogP) is 0.0894. The van der Waals surface area contributed by atoms with Crippen LogP contribution in [0.25, 0.3) is 0 Å². The summed E-state index contributed by atoms with van der Waals surface area (Å²) in [5.74, 6) is -0.155. The number of benzene rings is 1. The summed E-state index contributed by atoms with van der Waals surface area (Å²) in [6, 6.07) is 5.98. The number of rotatable bonds is 3. The van der Waals surface area contributed by atoms with E-state index >= 15 is 0 Å². The van der Waals surface area contributed by atoms with Crippen LogP contribution in [-0.2, 0) is 14.8 Å². The van der Waals surface area contributed by atoms with Gasteiger partial charge < -0.3 is 5.32 Å². The molecule has 23 heavy (non-hydrogen) atoms. The largest absolute Gasteiger partial charge is 0.337 e. The molecule has 0 aromatic heterocycles. The smallest absolute Gasteiger partial charge is 0.243 e. The van der Waals surface area contributed by atoms with E-state index < -0.39 is 15.7 Å². The molecule has 124 valence electrons. The summed E-state index contributed by atoms with van der Waals surface area (Å²) in [5, 5.41) is 6.03. The number of sulfonamides is 1. The standard InChI is InChI=1S/C15H19N3O4S/c1-11(19)12-2-4-13(5-3-12)23(21,22)18-8-6-15(7-9-18)16-10-14(20)17-15/h2-5,16H,6-10H2,1H3,(H,17,20). The zero-order chi connectivity index (χ0) is 16.7. The van der Waals surface area contributed by atoms with Gasteiger partial charge in [0.1, 0.15) is 0 Å². The third-order valence-electron chi connectivity index (χ3n) is 4.44. The predicted molar refractivity (Wildman–Crippen MR) is 83.3 cm³/mol. The average Bonchev–Trinajstić information content (AvgIpc) is 2.88. The van der Waals surface area contributed by atoms with Crippen molar-refractivity contribution in [3.8, 4) is 0 Å². The minimum Gasteiger partial charge on any atom is -0.337 e. The van der Waals surface area contributed by atoms with Gasteiger partial charge in [0.05, 0.1) is 17.1 Å². The molecule has 0 radical (unpaired) electrons. The van der Waals surface area contributed by atoms with Gasteiger partial charge in [0.15, 0.2) is 5.78 Å². The molecule has 0 aliphatic carbocycles. The van der Waals surface area contributed by atoms with Crippen molar-refractivity contribution in [1.82, 2.24) is 14.9 Å². The minimum atomic E-state index is -3.58. The minimum absolute atomic E-state index is 0.0545. The van der Waals surface area contributed by atoms with E-state index in [1.54, 1.807) is 0 Å². The molecule has 8 heteroatoms. The fourth-order valence-electron chi connectivity index (χ4n) is 3.03. The van der Waals surface area contributed by atoms with Crippen molar-refractivity contribution in [3.05, 3.63) is 29.8 Å². The van der Waals surface area contributed by atoms with Crippen LogP contribution in [-0.4, -0.2) is 49.7 Å². The molecule has 2 N–H and O–H groups in total. The highest BCUT2D eigenvalue weighted by atomic mass is 32.2. The van der Waals surface area contributed by atoms with Gasteiger partial charge in [-0.2, -0.15) is 4.31 Å². The number of piperidine rings is 1. The molecule has 2 aliphatic heterocycles. The zero-order valence-electron chi connectivity index (χ0n) is 12.8. The van der Waals surface area contributed by atoms with Crippen molar-refractivity contribution in [2.75, 3.05) is 19.6 Å². The number of Topliss-reactive ketones (excluding diaryl/α,β-unsaturated/α-hetero) is 1. The quantitative estimate of drug-likeness (QED) is 0.762. The second kappa shape index (κ2) is 5.70. The van der Waals surface area contributed by atoms with Crippen molar-refractivity contribution in [2.45, 2.75) is 30.3 Å². The summed E-state index contributed by atoms with van der Waals surface area (Å²) in [6.45, 7) is 2.39. The van der Waals surface area contributed by atoms with E-state index in [2.05, 4.69) is 10.6 Å². The summed E-state index contributed by atoms with van der Waals surface area (Å²) in [4.78, 5) is 22.8. The Labute approximate surface area is 135 Å². The van der Waals surface area contributed by atoms with Crippen molar-refractivity contribution >= 4 is 21.7 Å². The molecule has 3 rings (SSSR count). The van der Waals surface area contributed by atoms with Crippen LogP contribution in [0.3, 0.4) is 0 Å². The van der Waals surface area contributed by atoms with Gasteiger partial charge in [-0.25, -0.2) is 8.42 Å². The molecular formula is C15H19N3O4S. The first-order valence-electron chi connectivity index (χ1n) is 7.50. The van der Waals surface area contributed by atoms with E-state index in [4.69, 9.17) is 0 Å². The lowest BCUT2D eigenvalue weighted by Gasteiger charge is -2.38. The van der Waals surface area contributed by atoms with E-state index in [9.17, 15) is 18.0 Å². The number of nitrogens with zero attached hydrogens (tertiary/aromatic N) is 1. The second-order valence-corrected chi connectivity index (χ2v) is 7.91. The zero-order valence-corrected chi connectivity index (χ0v) is 13.6. The number of hydrogen-bond donors (Lipinski definition) is 2. The Kier molecular flexibility index (Phi) is 3.99. The lowest BCUT2D eigenvalue weighted by atomic mass is 9.99. The molecule has 2 saturated heterocycles. The van der Waals surface area contributed by atoms with E-state index in [-0.39, 0.29) is 23.1 Å². The van der Waals surface area contributed by atoms with Gasteiger partial charge in [-0.05, 0) is 31.9 Å². The first kappa shape index (κ1) is 16.1. The molecule has 1 amide bonds. The Bertz CT molecular complexity index is 734. The monoisotopic (exact) mass is 337 g/mol. The fraction of sp³-hybridized carbons (Fsp3) is 0.467. The summed E-state index contributed by atoms with van der Waals surface area (Å²) in [5.41, 5.74) is 0.0149. The topological polar surface area (TPSA) is 95.6 Å². The summed E-state index contributed by atoms with van der Waals surface area (Å²) in [7, 11) is -3.58. The molecule has 2 fully saturated rings. The highest BCUT2D eigenvalue weighted by molar-refractivity contribution is 7.89. The van der Waals surface area contributed by atoms with Crippen molar-refractivity contribution in [2.24, 2.45) is 0 Å². The summed E-state index contributed by atoms with van der Waals surface area (Å²) >= 11 is 0. The number of ketones is 1. The van der Waals surface area contributed by atoms with Crippen LogP contribution >= 0.6 is 0 Å². The highest BCUT2D eigenvalue weighted by Crippen LogP contribution is 2.26. The van der Waals surface area contributed by atoms with Crippen LogP contribution in [0.2, 0.25) is 0 Å². The lowest BCUT2D eigenvalue weighted by Crippen LogP contribution is -2.57. The van der Waals surface area contributed by atoms with E-state index in [1.807, 2.05) is 0 Å². The molecule has 7 nitrogen and oxygen atoms in total. The maximum Gasteiger partial charge on any atom is 0.243 e. The highest BCUT2D eigenvalue weighted by Gasteiger charge is 2.42. The maximum absolute atomic E-state index is 12.7. The van der Waals surface area contributed by atoms with E-state index in [0.717, 1.165) is 0 Å². The number of carbonyl (C=O) groups is 2. The Hall–Kier alpha value is -1.77. The van der Waals surface area contributed by atoms with Gasteiger partial charge >= 0.3 is 0 Å². The normalized spacial score (nSPS) is 21.3. The van der Waals surface area contributed by atoms with Gasteiger partial charge in [-0.15, -0.1) is 0 Å². The van der Waals surface area contributed by atoms with Crippen molar-refractivity contribution in [1.29, 1.82) is 0 Å². The third-order valence-corrected chi connectivity index (χ3v) is 6.35. The van der Waals surface area contributed by atoms with E-state index in [0.29, 0.717) is 31.5 Å². The Morgan fingerprint density at radius 2 is 1.78 bits per heavy atom. The maximum atomic E-state index is 12.7. The first-order chi connectivity index (χ1) is 10.8. The second-order valence-electron chi connectivity index (χ2n) is 5.97. The van der Waals surface area contributed by atoms with Crippen LogP contribution in [0.15, 0.2) is 29.2 Å². The van der Waals surface area contributed by atoms with Crippen LogP contribution < -0.4 is 10.6 Å². The lowest BCUT2D eigenvalue weighted by molar-refractivity contribution is -0.119. The van der Waals surface area contributed by atoms with Gasteiger partial charge in [0.2, 0.25) is 15.9 Å². The van der Waals surface area contributed by atoms with Crippen molar-refractivity contribution in [3.63, 3.8) is 0 Å². The van der Waals surface area contributed by atoms with Crippen LogP contribution in [0.1, 0.15) is 30.1 Å². The molecule has 1 spiro atoms. The molecule has 0 saturated carbocycles. The third kappa shape index (κ3) is 3.01. The SMILES string of the molecule is CC(=O)c1ccc(S(=O)(=O)N2CCC3(CC2)NCC(=O)N3)cc1. The fourth-order valence-corrected chi connectivity index (χ4v) is 4.47. The average molecular weight is 337 g/mol. The molecule has 1 aromatic carbocycles. The summed E-state index contributed by atoms with van der Waals surface area (Å²) < 4.78 is 26.8. The molecule has 2 aliphatic rings. The van der Waals surface area contributed by atoms with Gasteiger partial charge in [0.25, 0.3) is 0 Å². The Morgan fingerprint density at radius 3 is 2.26 bits per heavy atom. The molecule has 2 heterocycles. The molecule has 0 atom stereocenters. The van der Waals surface area contributed by atoms with Crippen LogP contribution in [0.5, 0.6) is 0 Å². The molecule has 0 bridgehead atoms. The Balaban J connectivity index is 1.74. The van der Waals surface area contributed by atoms with Crippen LogP contribution in [0, 0.1) is 0 Å². The molecular weight excluding hydrogens is 318 g/mol. The molecule has 0 unspecified atom stereocenters. The molecule has 1 aromatic rings. The number of hydrogen-bond acceptors (Lipinski definition) is 5. The number of nitrogens with one attached hydrogen (secondary N) is 2. The van der Waals surface area contributed by atoms with Gasteiger partial charge in [-0.3, -0.25) is 14.9 Å². The van der Waals surface area contributed by atoms with E-state index in [1.165, 1.54) is 35.5 Å². The van der Waals surface area contributed by atoms with Crippen molar-refractivity contribution < 1.29 is 18.0 Å². The summed E-state index contributed by atoms with van der Waals surface area (Å²) in [6.07, 6.45) is 1.06. The number of carbonyl (C=O) groups excluding carboxylic acids is 2.